The molecule has 29 heavy (non-hydrogen) atoms. The number of hydrogen-bond acceptors (Lipinski definition) is 6. The summed E-state index contributed by atoms with van der Waals surface area (Å²) >= 11 is 0. The van der Waals surface area contributed by atoms with Crippen LogP contribution in [0.4, 0.5) is 0 Å². The van der Waals surface area contributed by atoms with Gasteiger partial charge in [-0.15, -0.1) is 0 Å². The summed E-state index contributed by atoms with van der Waals surface area (Å²) in [5, 5.41) is 21.4. The number of rotatable bonds is 9. The van der Waals surface area contributed by atoms with Crippen molar-refractivity contribution in [2.45, 2.75) is 50.2 Å². The first kappa shape index (κ1) is 22.2. The molecule has 0 aromatic heterocycles. The molecular weight excluding hydrogens is 380 g/mol. The molecule has 7 N–H and O–H groups in total. The molecule has 0 aliphatic carbocycles. The Hall–Kier alpha value is -3.14. The number of benzene rings is 1. The SMILES string of the molecule is NC(=O)CC[C@H](N)C(=O)N[C@@H](Cc1ccc(O)cc1)C(=O)N1CCC[C@H]1C(=O)O. The van der Waals surface area contributed by atoms with E-state index in [4.69, 9.17) is 11.5 Å². The summed E-state index contributed by atoms with van der Waals surface area (Å²) in [7, 11) is 0. The molecular formula is C19H26N4O6. The van der Waals surface area contributed by atoms with Crippen LogP contribution in [0.3, 0.4) is 0 Å². The van der Waals surface area contributed by atoms with Crippen LogP contribution in [-0.2, 0) is 25.6 Å². The Labute approximate surface area is 167 Å². The number of amides is 3. The second kappa shape index (κ2) is 9.87. The van der Waals surface area contributed by atoms with Gasteiger partial charge in [0.05, 0.1) is 6.04 Å². The number of nitrogens with two attached hydrogens (primary N) is 2. The van der Waals surface area contributed by atoms with Crippen molar-refractivity contribution < 1.29 is 29.4 Å². The Balaban J connectivity index is 2.17. The molecule has 1 fully saturated rings. The van der Waals surface area contributed by atoms with Crippen molar-refractivity contribution in [1.82, 2.24) is 10.2 Å². The van der Waals surface area contributed by atoms with Crippen LogP contribution in [0.1, 0.15) is 31.2 Å². The molecule has 0 spiro atoms. The lowest BCUT2D eigenvalue weighted by atomic mass is 10.0. The maximum Gasteiger partial charge on any atom is 0.326 e. The number of primary amides is 1. The molecule has 1 aromatic rings. The predicted molar refractivity (Wildman–Crippen MR) is 103 cm³/mol. The second-order valence-corrected chi connectivity index (χ2v) is 7.07. The first-order valence-electron chi connectivity index (χ1n) is 9.34. The van der Waals surface area contributed by atoms with Crippen LogP contribution < -0.4 is 16.8 Å². The zero-order valence-electron chi connectivity index (χ0n) is 15.9. The zero-order chi connectivity index (χ0) is 21.6. The first-order valence-corrected chi connectivity index (χ1v) is 9.34. The number of aromatic hydroxyl groups is 1. The van der Waals surface area contributed by atoms with Crippen LogP contribution in [-0.4, -0.2) is 63.5 Å². The van der Waals surface area contributed by atoms with Crippen molar-refractivity contribution in [2.75, 3.05) is 6.54 Å². The van der Waals surface area contributed by atoms with Gasteiger partial charge >= 0.3 is 5.97 Å². The lowest BCUT2D eigenvalue weighted by Crippen LogP contribution is -2.55. The topological polar surface area (TPSA) is 176 Å². The molecule has 0 radical (unpaired) electrons. The fraction of sp³-hybridized carbons (Fsp3) is 0.474. The van der Waals surface area contributed by atoms with E-state index in [1.807, 2.05) is 0 Å². The minimum Gasteiger partial charge on any atom is -0.508 e. The molecule has 1 aliphatic heterocycles. The second-order valence-electron chi connectivity index (χ2n) is 7.07. The molecule has 0 bridgehead atoms. The van der Waals surface area contributed by atoms with E-state index in [0.29, 0.717) is 18.4 Å². The average molecular weight is 406 g/mol. The van der Waals surface area contributed by atoms with Gasteiger partial charge in [0.25, 0.3) is 0 Å². The summed E-state index contributed by atoms with van der Waals surface area (Å²) in [6.07, 6.45) is 0.955. The maximum atomic E-state index is 13.0. The van der Waals surface area contributed by atoms with Gasteiger partial charge in [0.1, 0.15) is 17.8 Å². The van der Waals surface area contributed by atoms with E-state index in [9.17, 15) is 29.4 Å². The van der Waals surface area contributed by atoms with Crippen molar-refractivity contribution in [1.29, 1.82) is 0 Å². The molecule has 0 saturated carbocycles. The molecule has 158 valence electrons. The lowest BCUT2D eigenvalue weighted by molar-refractivity contribution is -0.149. The zero-order valence-corrected chi connectivity index (χ0v) is 15.9. The number of carboxylic acid groups (broad SMARTS) is 1. The summed E-state index contributed by atoms with van der Waals surface area (Å²) in [5.74, 6) is -2.78. The molecule has 1 heterocycles. The number of aliphatic carboxylic acids is 1. The fourth-order valence-electron chi connectivity index (χ4n) is 3.26. The number of phenolic OH excluding ortho intramolecular Hbond substituents is 1. The van der Waals surface area contributed by atoms with E-state index in [1.54, 1.807) is 12.1 Å². The van der Waals surface area contributed by atoms with E-state index in [1.165, 1.54) is 17.0 Å². The highest BCUT2D eigenvalue weighted by Gasteiger charge is 2.38. The van der Waals surface area contributed by atoms with E-state index in [0.717, 1.165) is 0 Å². The number of nitrogens with zero attached hydrogens (tertiary/aromatic N) is 1. The molecule has 3 amide bonds. The third-order valence-corrected chi connectivity index (χ3v) is 4.85. The molecule has 1 saturated heterocycles. The summed E-state index contributed by atoms with van der Waals surface area (Å²) in [4.78, 5) is 49.1. The van der Waals surface area contributed by atoms with Gasteiger partial charge in [0.2, 0.25) is 17.7 Å². The molecule has 3 atom stereocenters. The van der Waals surface area contributed by atoms with Crippen LogP contribution in [0.25, 0.3) is 0 Å². The number of carbonyl (C=O) groups is 4. The largest absolute Gasteiger partial charge is 0.508 e. The van der Waals surface area contributed by atoms with Crippen molar-refractivity contribution in [3.63, 3.8) is 0 Å². The maximum absolute atomic E-state index is 13.0. The normalized spacial score (nSPS) is 18.1. The minimum atomic E-state index is -1.09. The quantitative estimate of drug-likeness (QED) is 0.352. The Kier molecular flexibility index (Phi) is 7.54. The summed E-state index contributed by atoms with van der Waals surface area (Å²) < 4.78 is 0. The molecule has 0 unspecified atom stereocenters. The highest BCUT2D eigenvalue weighted by Crippen LogP contribution is 2.20. The highest BCUT2D eigenvalue weighted by atomic mass is 16.4. The summed E-state index contributed by atoms with van der Waals surface area (Å²) in [6, 6.07) is 3.10. The van der Waals surface area contributed by atoms with E-state index >= 15 is 0 Å². The molecule has 1 aromatic carbocycles. The van der Waals surface area contributed by atoms with E-state index in [2.05, 4.69) is 5.32 Å². The third-order valence-electron chi connectivity index (χ3n) is 4.85. The van der Waals surface area contributed by atoms with Gasteiger partial charge in [-0.25, -0.2) is 4.79 Å². The van der Waals surface area contributed by atoms with Gasteiger partial charge < -0.3 is 31.9 Å². The monoisotopic (exact) mass is 406 g/mol. The van der Waals surface area contributed by atoms with Gasteiger partial charge in [-0.2, -0.15) is 0 Å². The summed E-state index contributed by atoms with van der Waals surface area (Å²) in [5.41, 5.74) is 11.5. The average Bonchev–Trinajstić information content (AvgIpc) is 3.16. The van der Waals surface area contributed by atoms with Crippen molar-refractivity contribution in [3.05, 3.63) is 29.8 Å². The predicted octanol–water partition coefficient (Wildman–Crippen LogP) is -0.912. The number of carbonyl (C=O) groups excluding carboxylic acids is 3. The Morgan fingerprint density at radius 3 is 2.45 bits per heavy atom. The smallest absolute Gasteiger partial charge is 0.326 e. The standard InChI is InChI=1S/C19H26N4O6/c20-13(7-8-16(21)25)17(26)22-14(10-11-3-5-12(24)6-4-11)18(27)23-9-1-2-15(23)19(28)29/h3-6,13-15,24H,1-2,7-10,20H2,(H2,21,25)(H,22,26)(H,28,29)/t13-,14-,15-/m0/s1. The Bertz CT molecular complexity index is 766. The van der Waals surface area contributed by atoms with Gasteiger partial charge in [-0.1, -0.05) is 12.1 Å². The third kappa shape index (κ3) is 6.18. The van der Waals surface area contributed by atoms with Crippen LogP contribution in [0.2, 0.25) is 0 Å². The first-order chi connectivity index (χ1) is 13.7. The van der Waals surface area contributed by atoms with Gasteiger partial charge in [0, 0.05) is 19.4 Å². The minimum absolute atomic E-state index is 0.0305. The summed E-state index contributed by atoms with van der Waals surface area (Å²) in [6.45, 7) is 0.283. The molecule has 2 rings (SSSR count). The van der Waals surface area contributed by atoms with Crippen LogP contribution in [0, 0.1) is 0 Å². The number of carboxylic acids is 1. The van der Waals surface area contributed by atoms with Crippen LogP contribution >= 0.6 is 0 Å². The Morgan fingerprint density at radius 2 is 1.86 bits per heavy atom. The number of phenols is 1. The molecule has 1 aliphatic rings. The van der Waals surface area contributed by atoms with Crippen molar-refractivity contribution >= 4 is 23.7 Å². The Morgan fingerprint density at radius 1 is 1.21 bits per heavy atom. The van der Waals surface area contributed by atoms with E-state index < -0.39 is 41.8 Å². The van der Waals surface area contributed by atoms with Gasteiger partial charge in [0.15, 0.2) is 0 Å². The number of nitrogens with one attached hydrogen (secondary N) is 1. The number of likely N-dealkylation sites (tertiary alicyclic amines) is 1. The van der Waals surface area contributed by atoms with Crippen molar-refractivity contribution in [2.24, 2.45) is 11.5 Å². The van der Waals surface area contributed by atoms with Crippen molar-refractivity contribution in [3.8, 4) is 5.75 Å². The molecule has 10 nitrogen and oxygen atoms in total. The number of hydrogen-bond donors (Lipinski definition) is 5. The van der Waals surface area contributed by atoms with Crippen LogP contribution in [0.5, 0.6) is 5.75 Å². The van der Waals surface area contributed by atoms with Gasteiger partial charge in [-0.3, -0.25) is 14.4 Å². The van der Waals surface area contributed by atoms with Gasteiger partial charge in [-0.05, 0) is 37.0 Å². The van der Waals surface area contributed by atoms with E-state index in [-0.39, 0.29) is 31.6 Å². The fourth-order valence-corrected chi connectivity index (χ4v) is 3.26. The lowest BCUT2D eigenvalue weighted by Gasteiger charge is -2.28. The highest BCUT2D eigenvalue weighted by molar-refractivity contribution is 5.92. The molecule has 10 heteroatoms. The van der Waals surface area contributed by atoms with Crippen LogP contribution in [0.15, 0.2) is 24.3 Å².